The fourth-order valence-electron chi connectivity index (χ4n) is 1.34. The Labute approximate surface area is 100 Å². The van der Waals surface area contributed by atoms with Crippen LogP contribution in [-0.4, -0.2) is 12.1 Å². The van der Waals surface area contributed by atoms with E-state index >= 15 is 0 Å². The summed E-state index contributed by atoms with van der Waals surface area (Å²) in [5.74, 6) is 0. The molecule has 15 heavy (non-hydrogen) atoms. The predicted octanol–water partition coefficient (Wildman–Crippen LogP) is 3.30. The van der Waals surface area contributed by atoms with Crippen LogP contribution in [0.2, 0.25) is 0 Å². The fraction of sp³-hybridized carbons (Fsp3) is 0.500. The second-order valence-corrected chi connectivity index (χ2v) is 5.08. The van der Waals surface area contributed by atoms with E-state index in [0.29, 0.717) is 6.54 Å². The molecule has 84 valence electrons. The summed E-state index contributed by atoms with van der Waals surface area (Å²) in [4.78, 5) is 0. The van der Waals surface area contributed by atoms with Crippen molar-refractivity contribution in [2.45, 2.75) is 32.7 Å². The molecule has 0 heterocycles. The third-order valence-electron chi connectivity index (χ3n) is 2.79. The topological polar surface area (TPSA) is 38.0 Å². The first-order valence-electron chi connectivity index (χ1n) is 5.25. The quantitative estimate of drug-likeness (QED) is 0.881. The first-order valence-corrected chi connectivity index (χ1v) is 6.04. The lowest BCUT2D eigenvalue weighted by Crippen LogP contribution is -2.41. The molecule has 0 saturated carbocycles. The Morgan fingerprint density at radius 3 is 2.67 bits per heavy atom. The van der Waals surface area contributed by atoms with Gasteiger partial charge < -0.3 is 11.1 Å². The largest absolute Gasteiger partial charge is 0.378 e. The van der Waals surface area contributed by atoms with Crippen molar-refractivity contribution in [1.29, 1.82) is 0 Å². The van der Waals surface area contributed by atoms with E-state index in [1.807, 2.05) is 0 Å². The highest BCUT2D eigenvalue weighted by Gasteiger charge is 2.20. The Morgan fingerprint density at radius 2 is 2.13 bits per heavy atom. The van der Waals surface area contributed by atoms with Crippen LogP contribution in [0, 0.1) is 6.92 Å². The van der Waals surface area contributed by atoms with E-state index in [4.69, 9.17) is 5.73 Å². The first kappa shape index (κ1) is 12.5. The number of nitrogens with two attached hydrogens (primary N) is 1. The molecule has 3 N–H and O–H groups in total. The molecule has 0 amide bonds. The van der Waals surface area contributed by atoms with E-state index in [1.54, 1.807) is 0 Å². The van der Waals surface area contributed by atoms with Gasteiger partial charge in [-0.05, 0) is 53.9 Å². The van der Waals surface area contributed by atoms with Gasteiger partial charge in [0.1, 0.15) is 0 Å². The van der Waals surface area contributed by atoms with Crippen molar-refractivity contribution < 1.29 is 0 Å². The Morgan fingerprint density at radius 1 is 1.47 bits per heavy atom. The van der Waals surface area contributed by atoms with Gasteiger partial charge >= 0.3 is 0 Å². The molecular formula is C12H19BrN2. The second-order valence-electron chi connectivity index (χ2n) is 4.23. The molecule has 0 spiro atoms. The lowest BCUT2D eigenvalue weighted by Gasteiger charge is -2.30. The minimum absolute atomic E-state index is 0.0314. The zero-order chi connectivity index (χ0) is 11.5. The summed E-state index contributed by atoms with van der Waals surface area (Å²) >= 11 is 3.54. The van der Waals surface area contributed by atoms with Crippen LogP contribution in [0.15, 0.2) is 22.7 Å². The van der Waals surface area contributed by atoms with Gasteiger partial charge in [0.2, 0.25) is 0 Å². The van der Waals surface area contributed by atoms with Crippen molar-refractivity contribution in [3.63, 3.8) is 0 Å². The minimum Gasteiger partial charge on any atom is -0.378 e. The Bertz CT molecular complexity index is 332. The number of rotatable bonds is 4. The Hall–Kier alpha value is -0.540. The molecule has 1 rings (SSSR count). The molecule has 0 bridgehead atoms. The van der Waals surface area contributed by atoms with Crippen LogP contribution in [0.1, 0.15) is 25.8 Å². The Kier molecular flexibility index (Phi) is 4.17. The molecule has 0 aliphatic heterocycles. The van der Waals surface area contributed by atoms with Crippen LogP contribution in [0.5, 0.6) is 0 Å². The number of hydrogen-bond donors (Lipinski definition) is 2. The average Bonchev–Trinajstić information content (AvgIpc) is 2.23. The van der Waals surface area contributed by atoms with E-state index < -0.39 is 0 Å². The maximum Gasteiger partial charge on any atom is 0.0491 e. The average molecular weight is 271 g/mol. The van der Waals surface area contributed by atoms with Gasteiger partial charge in [0, 0.05) is 22.2 Å². The van der Waals surface area contributed by atoms with Gasteiger partial charge in [-0.15, -0.1) is 0 Å². The van der Waals surface area contributed by atoms with Gasteiger partial charge in [-0.25, -0.2) is 0 Å². The van der Waals surface area contributed by atoms with Crippen LogP contribution >= 0.6 is 15.9 Å². The summed E-state index contributed by atoms with van der Waals surface area (Å²) in [6, 6.07) is 6.28. The minimum atomic E-state index is -0.0314. The number of anilines is 1. The molecule has 1 atom stereocenters. The van der Waals surface area contributed by atoms with E-state index in [2.05, 4.69) is 60.2 Å². The maximum absolute atomic E-state index is 5.78. The van der Waals surface area contributed by atoms with Crippen molar-refractivity contribution in [3.8, 4) is 0 Å². The van der Waals surface area contributed by atoms with Gasteiger partial charge in [0.05, 0.1) is 0 Å². The van der Waals surface area contributed by atoms with E-state index in [0.717, 1.165) is 16.6 Å². The summed E-state index contributed by atoms with van der Waals surface area (Å²) < 4.78 is 1.08. The smallest absolute Gasteiger partial charge is 0.0491 e. The molecule has 0 aliphatic rings. The summed E-state index contributed by atoms with van der Waals surface area (Å²) in [5.41, 5.74) is 8.11. The van der Waals surface area contributed by atoms with Crippen LogP contribution in [-0.2, 0) is 0 Å². The third kappa shape index (κ3) is 3.21. The third-order valence-corrected chi connectivity index (χ3v) is 3.48. The molecule has 2 nitrogen and oxygen atoms in total. The number of halogens is 1. The van der Waals surface area contributed by atoms with E-state index in [-0.39, 0.29) is 5.54 Å². The zero-order valence-electron chi connectivity index (χ0n) is 9.60. The monoisotopic (exact) mass is 270 g/mol. The molecule has 0 fully saturated rings. The van der Waals surface area contributed by atoms with E-state index in [1.165, 1.54) is 5.56 Å². The second kappa shape index (κ2) is 4.99. The van der Waals surface area contributed by atoms with Crippen LogP contribution in [0.3, 0.4) is 0 Å². The van der Waals surface area contributed by atoms with Crippen LogP contribution in [0.25, 0.3) is 0 Å². The molecule has 0 aromatic heterocycles. The van der Waals surface area contributed by atoms with E-state index in [9.17, 15) is 0 Å². The number of benzene rings is 1. The maximum atomic E-state index is 5.78. The highest BCUT2D eigenvalue weighted by molar-refractivity contribution is 9.10. The Balaban J connectivity index is 2.92. The van der Waals surface area contributed by atoms with Gasteiger partial charge in [0.15, 0.2) is 0 Å². The van der Waals surface area contributed by atoms with Gasteiger partial charge in [-0.3, -0.25) is 0 Å². The highest BCUT2D eigenvalue weighted by Crippen LogP contribution is 2.27. The lowest BCUT2D eigenvalue weighted by atomic mass is 9.98. The number of nitrogens with one attached hydrogen (secondary N) is 1. The summed E-state index contributed by atoms with van der Waals surface area (Å²) in [5, 5.41) is 3.49. The highest BCUT2D eigenvalue weighted by atomic mass is 79.9. The molecule has 1 aromatic carbocycles. The number of aryl methyl sites for hydroxylation is 1. The van der Waals surface area contributed by atoms with Crippen molar-refractivity contribution in [2.75, 3.05) is 11.9 Å². The normalized spacial score (nSPS) is 14.7. The van der Waals surface area contributed by atoms with Crippen LogP contribution < -0.4 is 11.1 Å². The molecule has 3 heteroatoms. The standard InChI is InChI=1S/C12H19BrN2/c1-4-12(3,8-14)15-11-7-9(2)5-6-10(11)13/h5-7,15H,4,8,14H2,1-3H3. The molecule has 0 saturated heterocycles. The molecular weight excluding hydrogens is 252 g/mol. The van der Waals surface area contributed by atoms with Gasteiger partial charge in [0.25, 0.3) is 0 Å². The van der Waals surface area contributed by atoms with Crippen LogP contribution in [0.4, 0.5) is 5.69 Å². The molecule has 1 unspecified atom stereocenters. The summed E-state index contributed by atoms with van der Waals surface area (Å²) in [6.45, 7) is 7.00. The summed E-state index contributed by atoms with van der Waals surface area (Å²) in [7, 11) is 0. The van der Waals surface area contributed by atoms with Crippen molar-refractivity contribution in [1.82, 2.24) is 0 Å². The van der Waals surface area contributed by atoms with Gasteiger partial charge in [-0.2, -0.15) is 0 Å². The number of hydrogen-bond acceptors (Lipinski definition) is 2. The molecule has 0 radical (unpaired) electrons. The molecule has 1 aromatic rings. The zero-order valence-corrected chi connectivity index (χ0v) is 11.2. The first-order chi connectivity index (χ1) is 7.00. The van der Waals surface area contributed by atoms with Crippen molar-refractivity contribution >= 4 is 21.6 Å². The van der Waals surface area contributed by atoms with Crippen molar-refractivity contribution in [3.05, 3.63) is 28.2 Å². The van der Waals surface area contributed by atoms with Gasteiger partial charge in [-0.1, -0.05) is 13.0 Å². The predicted molar refractivity (Wildman–Crippen MR) is 70.3 cm³/mol. The SMILES string of the molecule is CCC(C)(CN)Nc1cc(C)ccc1Br. The van der Waals surface area contributed by atoms with Crippen molar-refractivity contribution in [2.24, 2.45) is 5.73 Å². The fourth-order valence-corrected chi connectivity index (χ4v) is 1.69. The summed E-state index contributed by atoms with van der Waals surface area (Å²) in [6.07, 6.45) is 1.00. The lowest BCUT2D eigenvalue weighted by molar-refractivity contribution is 0.506. The molecule has 0 aliphatic carbocycles.